The molecular formula is C42H59BLiN4O17S8. The molecule has 2 amide bonds. The van der Waals surface area contributed by atoms with Crippen LogP contribution in [0.2, 0.25) is 0 Å². The van der Waals surface area contributed by atoms with E-state index in [1.165, 1.54) is 62.8 Å². The van der Waals surface area contributed by atoms with Gasteiger partial charge in [0.1, 0.15) is 20.5 Å². The summed E-state index contributed by atoms with van der Waals surface area (Å²) in [6.07, 6.45) is 3.77. The first-order chi connectivity index (χ1) is 33.3. The van der Waals surface area contributed by atoms with E-state index in [9.17, 15) is 57.1 Å². The Balaban J connectivity index is 0. The number of thioether (sulfide) groups is 1. The Hall–Kier alpha value is -3.48. The minimum absolute atomic E-state index is 0. The third-order valence-corrected chi connectivity index (χ3v) is 20.6. The van der Waals surface area contributed by atoms with Crippen molar-refractivity contribution in [3.8, 4) is 0 Å². The van der Waals surface area contributed by atoms with Crippen molar-refractivity contribution in [2.75, 3.05) is 51.3 Å². The average molecular weight is 1170 g/mol. The largest absolute Gasteiger partial charge is 1.00 e. The van der Waals surface area contributed by atoms with Gasteiger partial charge in [0.05, 0.1) is 33.8 Å². The summed E-state index contributed by atoms with van der Waals surface area (Å²) in [5, 5.41) is 17.4. The molecule has 0 saturated heterocycles. The molecule has 4 aromatic rings. The first kappa shape index (κ1) is 69.5. The molecule has 31 heteroatoms. The molecule has 0 fully saturated rings. The molecule has 21 nitrogen and oxygen atoms in total. The number of benzene rings is 2. The maximum Gasteiger partial charge on any atom is 1.00 e. The molecule has 73 heavy (non-hydrogen) atoms. The molecule has 0 bridgehead atoms. The molecule has 2 aromatic heterocycles. The summed E-state index contributed by atoms with van der Waals surface area (Å²) in [7, 11) is -13.5. The second-order valence-electron chi connectivity index (χ2n) is 14.8. The summed E-state index contributed by atoms with van der Waals surface area (Å²) >= 11 is 3.41. The van der Waals surface area contributed by atoms with Crippen molar-refractivity contribution in [1.29, 1.82) is 0 Å². The van der Waals surface area contributed by atoms with Crippen LogP contribution in [0.1, 0.15) is 71.4 Å². The SMILES string of the molecule is CC[C@H](NS(=O)(=O)c1cccc(CS(=O)CCCNC(=O)c2ccc(S(C)(=O)=O)s2)c1)C(=O)OC.CC[C@H](NS(=O)(=O)c1cccc(CSCCCNC(=O)c2ccc(S(C)(=O)=O)s2)c1)C(=O)OC.OO.[B].[H-].[Li+]. The summed E-state index contributed by atoms with van der Waals surface area (Å²) in [5.41, 5.74) is 1.36. The number of carbonyl (C=O) groups is 4. The minimum atomic E-state index is -3.98. The van der Waals surface area contributed by atoms with Crippen molar-refractivity contribution in [3.05, 3.63) is 93.7 Å². The third kappa shape index (κ3) is 23.9. The van der Waals surface area contributed by atoms with E-state index >= 15 is 0 Å². The molecule has 0 spiro atoms. The topological polar surface area (TPSA) is 329 Å². The number of sulfone groups is 2. The van der Waals surface area contributed by atoms with Crippen LogP contribution in [0.15, 0.2) is 91.0 Å². The number of thiophene rings is 2. The van der Waals surface area contributed by atoms with E-state index < -0.39 is 80.5 Å². The van der Waals surface area contributed by atoms with Crippen LogP contribution >= 0.6 is 34.4 Å². The molecule has 0 aliphatic carbocycles. The molecule has 0 aliphatic rings. The van der Waals surface area contributed by atoms with Gasteiger partial charge in [0, 0.05) is 62.1 Å². The van der Waals surface area contributed by atoms with E-state index in [2.05, 4.69) is 29.6 Å². The summed E-state index contributed by atoms with van der Waals surface area (Å²) in [5.74, 6) is -0.340. The van der Waals surface area contributed by atoms with Gasteiger partial charge in [0.15, 0.2) is 19.7 Å². The summed E-state index contributed by atoms with van der Waals surface area (Å²) < 4.78 is 123. The van der Waals surface area contributed by atoms with Crippen LogP contribution in [0.3, 0.4) is 0 Å². The molecule has 4 rings (SSSR count). The monoisotopic (exact) mass is 1170 g/mol. The molecule has 2 heterocycles. The number of ether oxygens (including phenoxy) is 2. The van der Waals surface area contributed by atoms with Gasteiger partial charge in [-0.1, -0.05) is 38.1 Å². The fourth-order valence-corrected chi connectivity index (χ4v) is 14.1. The summed E-state index contributed by atoms with van der Waals surface area (Å²) in [6, 6.07) is 16.3. The molecule has 3 radical (unpaired) electrons. The van der Waals surface area contributed by atoms with Gasteiger partial charge in [-0.15, -0.1) is 22.7 Å². The van der Waals surface area contributed by atoms with Crippen LogP contribution < -0.4 is 38.9 Å². The van der Waals surface area contributed by atoms with Crippen molar-refractivity contribution in [1.82, 2.24) is 20.1 Å². The Morgan fingerprint density at radius 2 is 1.08 bits per heavy atom. The van der Waals surface area contributed by atoms with Crippen LogP contribution in [0.25, 0.3) is 0 Å². The fourth-order valence-electron chi connectivity index (χ4n) is 5.71. The Labute approximate surface area is 457 Å². The van der Waals surface area contributed by atoms with E-state index in [0.717, 1.165) is 46.5 Å². The fraction of sp³-hybridized carbons (Fsp3) is 0.429. The molecule has 3 atom stereocenters. The molecule has 1 unspecified atom stereocenters. The number of rotatable bonds is 26. The van der Waals surface area contributed by atoms with Crippen LogP contribution in [-0.2, 0) is 81.1 Å². The number of methoxy groups -OCH3 is 2. The van der Waals surface area contributed by atoms with Gasteiger partial charge < -0.3 is 21.5 Å². The summed E-state index contributed by atoms with van der Waals surface area (Å²) in [6.45, 7) is 4.02. The maximum atomic E-state index is 12.6. The smallest absolute Gasteiger partial charge is 1.00 e. The number of sulfonamides is 2. The molecule has 6 N–H and O–H groups in total. The maximum absolute atomic E-state index is 12.6. The number of carbonyl (C=O) groups excluding carboxylic acids is 4. The molecule has 0 aliphatic heterocycles. The van der Waals surface area contributed by atoms with Crippen LogP contribution in [0.4, 0.5) is 0 Å². The average Bonchev–Trinajstić information content (AvgIpc) is 4.06. The van der Waals surface area contributed by atoms with Crippen LogP contribution in [-0.4, -0.2) is 144 Å². The van der Waals surface area contributed by atoms with E-state index in [1.807, 2.05) is 6.07 Å². The van der Waals surface area contributed by atoms with E-state index in [4.69, 9.17) is 10.5 Å². The van der Waals surface area contributed by atoms with Gasteiger partial charge in [0.2, 0.25) is 20.0 Å². The van der Waals surface area contributed by atoms with Gasteiger partial charge >= 0.3 is 30.8 Å². The first-order valence-corrected chi connectivity index (χ1v) is 32.0. The second-order valence-corrected chi connectivity index (χ2v) is 27.6. The minimum Gasteiger partial charge on any atom is -1.00 e. The zero-order valence-corrected chi connectivity index (χ0v) is 47.5. The first-order valence-electron chi connectivity index (χ1n) is 21.0. The van der Waals surface area contributed by atoms with Crippen molar-refractivity contribution in [3.63, 3.8) is 0 Å². The van der Waals surface area contributed by atoms with Crippen molar-refractivity contribution < 1.29 is 97.3 Å². The summed E-state index contributed by atoms with van der Waals surface area (Å²) in [4.78, 5) is 48.3. The van der Waals surface area contributed by atoms with Crippen LogP contribution in [0.5, 0.6) is 0 Å². The number of esters is 2. The van der Waals surface area contributed by atoms with E-state index in [-0.39, 0.29) is 88.6 Å². The molecular weight excluding hydrogens is 1110 g/mol. The number of hydrogen-bond acceptors (Lipinski definition) is 20. The zero-order valence-electron chi connectivity index (χ0n) is 42.0. The normalized spacial score (nSPS) is 12.6. The Bertz CT molecular complexity index is 2910. The van der Waals surface area contributed by atoms with Gasteiger partial charge in [-0.25, -0.2) is 33.7 Å². The quantitative estimate of drug-likeness (QED) is 0.0165. The standard InChI is InChI=1S/C21H28N2O8S4.C21H28N2O7S4.B.Li.H2O2.H/c1-4-17(21(25)31-2)23-35(29,30)16-8-5-7-15(13-16)14-33(26)12-6-11-22-20(24)18-9-10-19(32-18)34(3,27)28;1-4-17(21(25)30-2)23-34(28,29)16-8-5-7-15(13-16)14-31-12-6-11-22-20(24)18-9-10-19(32-18)33(3,26)27;;;1-2;/h5,7-10,13,17,23H,4,6,11-12,14H2,1-3H3,(H,22,24);5,7-10,13,17,23H,4,6,11-12,14H2,1-3H3,(H,22,24);;;1-2H;/q;;;+1;;-1/t17-,33?;17-;;;;/m00..../s1. The predicted molar refractivity (Wildman–Crippen MR) is 279 cm³/mol. The van der Waals surface area contributed by atoms with Gasteiger partial charge in [-0.2, -0.15) is 21.2 Å². The molecule has 0 saturated carbocycles. The van der Waals surface area contributed by atoms with E-state index in [1.54, 1.807) is 43.8 Å². The molecule has 2 aromatic carbocycles. The van der Waals surface area contributed by atoms with Gasteiger partial charge in [0.25, 0.3) is 11.8 Å². The third-order valence-electron chi connectivity index (χ3n) is 9.32. The Morgan fingerprint density at radius 3 is 1.48 bits per heavy atom. The van der Waals surface area contributed by atoms with Crippen LogP contribution in [0, 0.1) is 0 Å². The number of amides is 2. The molecule has 401 valence electrons. The Kier molecular flexibility index (Phi) is 31.9. The number of hydrogen-bond donors (Lipinski definition) is 6. The van der Waals surface area contributed by atoms with Gasteiger partial charge in [-0.05, 0) is 91.1 Å². The van der Waals surface area contributed by atoms with Crippen molar-refractivity contribution in [2.45, 2.75) is 81.3 Å². The van der Waals surface area contributed by atoms with E-state index in [0.29, 0.717) is 35.6 Å². The number of nitrogens with one attached hydrogen (secondary N) is 4. The zero-order chi connectivity index (χ0) is 53.6. The van der Waals surface area contributed by atoms with Crippen molar-refractivity contribution in [2.24, 2.45) is 0 Å². The Morgan fingerprint density at radius 1 is 0.671 bits per heavy atom. The van der Waals surface area contributed by atoms with Crippen molar-refractivity contribution >= 4 is 117 Å². The van der Waals surface area contributed by atoms with Gasteiger partial charge in [-0.3, -0.25) is 33.9 Å². The predicted octanol–water partition coefficient (Wildman–Crippen LogP) is 0.638. The second kappa shape index (κ2) is 33.5.